The SMILES string of the molecule is O=S(=O)(OC1CCC=CN1)C(F)(F)F. The van der Waals surface area contributed by atoms with E-state index in [1.54, 1.807) is 6.08 Å². The molecule has 0 saturated heterocycles. The maximum Gasteiger partial charge on any atom is 0.523 e. The van der Waals surface area contributed by atoms with Gasteiger partial charge in [-0.15, -0.1) is 0 Å². The van der Waals surface area contributed by atoms with Crippen LogP contribution < -0.4 is 5.32 Å². The molecule has 8 heteroatoms. The van der Waals surface area contributed by atoms with Gasteiger partial charge >= 0.3 is 15.6 Å². The van der Waals surface area contributed by atoms with Gasteiger partial charge in [-0.3, -0.25) is 0 Å². The second-order valence-corrected chi connectivity index (χ2v) is 4.19. The molecule has 1 aliphatic heterocycles. The Morgan fingerprint density at radius 1 is 1.43 bits per heavy atom. The van der Waals surface area contributed by atoms with E-state index in [9.17, 15) is 21.6 Å². The summed E-state index contributed by atoms with van der Waals surface area (Å²) in [6.07, 6.45) is 2.56. The lowest BCUT2D eigenvalue weighted by atomic mass is 10.2. The first kappa shape index (κ1) is 11.3. The molecule has 14 heavy (non-hydrogen) atoms. The molecule has 0 radical (unpaired) electrons. The van der Waals surface area contributed by atoms with E-state index in [1.807, 2.05) is 0 Å². The molecular formula is C6H8F3NO3S. The minimum Gasteiger partial charge on any atom is -0.365 e. The van der Waals surface area contributed by atoms with E-state index in [4.69, 9.17) is 0 Å². The highest BCUT2D eigenvalue weighted by atomic mass is 32.2. The van der Waals surface area contributed by atoms with E-state index in [-0.39, 0.29) is 6.42 Å². The molecule has 0 saturated carbocycles. The highest BCUT2D eigenvalue weighted by Gasteiger charge is 2.48. The first-order valence-electron chi connectivity index (χ1n) is 3.73. The summed E-state index contributed by atoms with van der Waals surface area (Å²) in [6, 6.07) is 0. The number of allylic oxidation sites excluding steroid dienone is 1. The molecule has 82 valence electrons. The third-order valence-electron chi connectivity index (χ3n) is 1.52. The van der Waals surface area contributed by atoms with E-state index in [0.717, 1.165) is 0 Å². The van der Waals surface area contributed by atoms with Crippen molar-refractivity contribution in [3.63, 3.8) is 0 Å². The normalized spacial score (nSPS) is 23.2. The van der Waals surface area contributed by atoms with Gasteiger partial charge in [0.05, 0.1) is 0 Å². The highest BCUT2D eigenvalue weighted by Crippen LogP contribution is 2.26. The number of rotatable bonds is 2. The Balaban J connectivity index is 2.64. The molecule has 1 atom stereocenters. The summed E-state index contributed by atoms with van der Waals surface area (Å²) in [4.78, 5) is 0. The van der Waals surface area contributed by atoms with Gasteiger partial charge in [-0.1, -0.05) is 6.08 Å². The van der Waals surface area contributed by atoms with Crippen LogP contribution in [0.1, 0.15) is 12.8 Å². The monoisotopic (exact) mass is 231 g/mol. The van der Waals surface area contributed by atoms with Crippen molar-refractivity contribution in [1.29, 1.82) is 0 Å². The molecule has 0 bridgehead atoms. The van der Waals surface area contributed by atoms with Gasteiger partial charge in [0, 0.05) is 0 Å². The molecule has 0 aromatic rings. The summed E-state index contributed by atoms with van der Waals surface area (Å²) in [5.74, 6) is 0. The number of nitrogens with one attached hydrogen (secondary N) is 1. The summed E-state index contributed by atoms with van der Waals surface area (Å²) in [7, 11) is -5.49. The first-order chi connectivity index (χ1) is 6.33. The molecule has 0 aliphatic carbocycles. The molecule has 1 heterocycles. The van der Waals surface area contributed by atoms with E-state index < -0.39 is 21.9 Å². The van der Waals surface area contributed by atoms with Crippen molar-refractivity contribution in [3.8, 4) is 0 Å². The van der Waals surface area contributed by atoms with Crippen molar-refractivity contribution >= 4 is 10.1 Å². The van der Waals surface area contributed by atoms with Crippen molar-refractivity contribution in [3.05, 3.63) is 12.3 Å². The zero-order valence-electron chi connectivity index (χ0n) is 6.91. The van der Waals surface area contributed by atoms with Gasteiger partial charge < -0.3 is 5.32 Å². The summed E-state index contributed by atoms with van der Waals surface area (Å²) in [5, 5.41) is 2.37. The number of alkyl halides is 3. The fraction of sp³-hybridized carbons (Fsp3) is 0.667. The van der Waals surface area contributed by atoms with Crippen molar-refractivity contribution in [2.75, 3.05) is 0 Å². The van der Waals surface area contributed by atoms with Crippen LogP contribution >= 0.6 is 0 Å². The minimum absolute atomic E-state index is 0.186. The Hall–Kier alpha value is -0.760. The summed E-state index contributed by atoms with van der Waals surface area (Å²) < 4.78 is 60.4. The van der Waals surface area contributed by atoms with Gasteiger partial charge in [-0.05, 0) is 19.0 Å². The maximum atomic E-state index is 11.8. The van der Waals surface area contributed by atoms with Gasteiger partial charge in [0.15, 0.2) is 0 Å². The van der Waals surface area contributed by atoms with Crippen LogP contribution in [0.5, 0.6) is 0 Å². The van der Waals surface area contributed by atoms with E-state index in [2.05, 4.69) is 9.50 Å². The van der Waals surface area contributed by atoms with Crippen LogP contribution in [0.25, 0.3) is 0 Å². The lowest BCUT2D eigenvalue weighted by Crippen LogP contribution is -2.37. The summed E-state index contributed by atoms with van der Waals surface area (Å²) in [5.41, 5.74) is -5.37. The van der Waals surface area contributed by atoms with Crippen LogP contribution in [0.15, 0.2) is 12.3 Å². The van der Waals surface area contributed by atoms with Crippen molar-refractivity contribution in [2.24, 2.45) is 0 Å². The molecule has 1 N–H and O–H groups in total. The zero-order valence-corrected chi connectivity index (χ0v) is 7.73. The molecule has 1 rings (SSSR count). The lowest BCUT2D eigenvalue weighted by Gasteiger charge is -2.20. The highest BCUT2D eigenvalue weighted by molar-refractivity contribution is 7.87. The van der Waals surface area contributed by atoms with Crippen LogP contribution in [0.2, 0.25) is 0 Å². The van der Waals surface area contributed by atoms with Gasteiger partial charge in [-0.2, -0.15) is 21.6 Å². The average molecular weight is 231 g/mol. The van der Waals surface area contributed by atoms with Crippen LogP contribution in [-0.4, -0.2) is 20.2 Å². The van der Waals surface area contributed by atoms with Crippen LogP contribution in [0.4, 0.5) is 13.2 Å². The largest absolute Gasteiger partial charge is 0.523 e. The fourth-order valence-electron chi connectivity index (χ4n) is 0.873. The van der Waals surface area contributed by atoms with Gasteiger partial charge in [0.1, 0.15) is 6.23 Å². The molecule has 0 fully saturated rings. The zero-order chi connectivity index (χ0) is 10.8. The van der Waals surface area contributed by atoms with E-state index in [1.165, 1.54) is 6.20 Å². The predicted octanol–water partition coefficient (Wildman–Crippen LogP) is 1.08. The Morgan fingerprint density at radius 3 is 2.50 bits per heavy atom. The van der Waals surface area contributed by atoms with E-state index >= 15 is 0 Å². The number of hydrogen-bond acceptors (Lipinski definition) is 4. The van der Waals surface area contributed by atoms with Gasteiger partial charge in [0.2, 0.25) is 0 Å². The van der Waals surface area contributed by atoms with Crippen molar-refractivity contribution in [2.45, 2.75) is 24.6 Å². The molecule has 1 aliphatic rings. The van der Waals surface area contributed by atoms with E-state index in [0.29, 0.717) is 6.42 Å². The molecule has 0 amide bonds. The Bertz CT molecular complexity index is 322. The smallest absolute Gasteiger partial charge is 0.365 e. The Kier molecular flexibility index (Phi) is 3.05. The molecule has 0 spiro atoms. The third-order valence-corrected chi connectivity index (χ3v) is 2.57. The fourth-order valence-corrected chi connectivity index (χ4v) is 1.44. The summed E-state index contributed by atoms with van der Waals surface area (Å²) >= 11 is 0. The topological polar surface area (TPSA) is 55.4 Å². The second-order valence-electron chi connectivity index (χ2n) is 2.63. The number of hydrogen-bond donors (Lipinski definition) is 1. The van der Waals surface area contributed by atoms with Crippen LogP contribution in [0.3, 0.4) is 0 Å². The average Bonchev–Trinajstić information content (AvgIpc) is 2.03. The Labute approximate surface area is 78.9 Å². The quantitative estimate of drug-likeness (QED) is 0.570. The lowest BCUT2D eigenvalue weighted by molar-refractivity contribution is -0.0585. The molecule has 4 nitrogen and oxygen atoms in total. The van der Waals surface area contributed by atoms with Crippen molar-refractivity contribution < 1.29 is 25.8 Å². The predicted molar refractivity (Wildman–Crippen MR) is 41.4 cm³/mol. The number of halogens is 3. The Morgan fingerprint density at radius 2 is 2.07 bits per heavy atom. The molecule has 0 aromatic heterocycles. The molecule has 1 unspecified atom stereocenters. The third kappa shape index (κ3) is 2.61. The van der Waals surface area contributed by atoms with Gasteiger partial charge in [0.25, 0.3) is 0 Å². The maximum absolute atomic E-state index is 11.8. The van der Waals surface area contributed by atoms with Crippen LogP contribution in [0, 0.1) is 0 Å². The first-order valence-corrected chi connectivity index (χ1v) is 5.14. The minimum atomic E-state index is -5.49. The second kappa shape index (κ2) is 3.77. The van der Waals surface area contributed by atoms with Gasteiger partial charge in [-0.25, -0.2) is 4.18 Å². The molecule has 0 aromatic carbocycles. The van der Waals surface area contributed by atoms with Crippen LogP contribution in [-0.2, 0) is 14.3 Å². The standard InChI is InChI=1S/C6H8F3NO3S/c7-6(8,9)14(11,12)13-5-3-1-2-4-10-5/h2,4-5,10H,1,3H2. The molecular weight excluding hydrogens is 223 g/mol. The van der Waals surface area contributed by atoms with Crippen molar-refractivity contribution in [1.82, 2.24) is 5.32 Å². The summed E-state index contributed by atoms with van der Waals surface area (Å²) in [6.45, 7) is 0.